The van der Waals surface area contributed by atoms with Crippen molar-refractivity contribution < 1.29 is 5.11 Å². The third-order valence-electron chi connectivity index (χ3n) is 3.21. The summed E-state index contributed by atoms with van der Waals surface area (Å²) in [4.78, 5) is 2.94. The van der Waals surface area contributed by atoms with Gasteiger partial charge in [-0.25, -0.2) is 0 Å². The van der Waals surface area contributed by atoms with Crippen molar-refractivity contribution in [3.63, 3.8) is 0 Å². The van der Waals surface area contributed by atoms with E-state index >= 15 is 0 Å². The molecule has 0 unspecified atom stereocenters. The highest BCUT2D eigenvalue weighted by Crippen LogP contribution is 2.32. The molecule has 1 aliphatic carbocycles. The van der Waals surface area contributed by atoms with E-state index < -0.39 is 5.60 Å². The second-order valence-electron chi connectivity index (χ2n) is 4.52. The summed E-state index contributed by atoms with van der Waals surface area (Å²) < 4.78 is 0. The van der Waals surface area contributed by atoms with Gasteiger partial charge in [0, 0.05) is 29.3 Å². The van der Waals surface area contributed by atoms with Crippen LogP contribution in [0.4, 0.5) is 0 Å². The van der Waals surface area contributed by atoms with E-state index in [1.54, 1.807) is 10.4 Å². The summed E-state index contributed by atoms with van der Waals surface area (Å²) in [7, 11) is 0. The van der Waals surface area contributed by atoms with Crippen molar-refractivity contribution in [3.05, 3.63) is 21.4 Å². The van der Waals surface area contributed by atoms with Gasteiger partial charge in [0.05, 0.1) is 5.60 Å². The fourth-order valence-electron chi connectivity index (χ4n) is 2.34. The van der Waals surface area contributed by atoms with E-state index in [1.807, 2.05) is 11.3 Å². The van der Waals surface area contributed by atoms with Crippen molar-refractivity contribution in [2.24, 2.45) is 0 Å². The van der Waals surface area contributed by atoms with Gasteiger partial charge < -0.3 is 10.4 Å². The van der Waals surface area contributed by atoms with Crippen molar-refractivity contribution in [2.45, 2.75) is 31.3 Å². The minimum absolute atomic E-state index is 0.446. The first kappa shape index (κ1) is 8.89. The Morgan fingerprint density at radius 3 is 2.93 bits per heavy atom. The van der Waals surface area contributed by atoms with Crippen LogP contribution in [0.3, 0.4) is 0 Å². The van der Waals surface area contributed by atoms with Crippen molar-refractivity contribution in [1.29, 1.82) is 0 Å². The highest BCUT2D eigenvalue weighted by molar-refractivity contribution is 7.12. The van der Waals surface area contributed by atoms with Gasteiger partial charge in [-0.2, -0.15) is 0 Å². The van der Waals surface area contributed by atoms with Gasteiger partial charge in [-0.05, 0) is 30.9 Å². The van der Waals surface area contributed by atoms with Gasteiger partial charge in [-0.15, -0.1) is 11.3 Å². The quantitative estimate of drug-likeness (QED) is 0.765. The van der Waals surface area contributed by atoms with Crippen molar-refractivity contribution >= 4 is 11.3 Å². The minimum atomic E-state index is -0.446. The molecular formula is C11H15NOS. The second-order valence-corrected chi connectivity index (χ2v) is 5.74. The number of aryl methyl sites for hydroxylation is 2. The highest BCUT2D eigenvalue weighted by Gasteiger charge is 2.35. The van der Waals surface area contributed by atoms with Crippen molar-refractivity contribution in [1.82, 2.24) is 5.32 Å². The molecule has 0 amide bonds. The lowest BCUT2D eigenvalue weighted by Crippen LogP contribution is -2.60. The van der Waals surface area contributed by atoms with Crippen LogP contribution in [0, 0.1) is 0 Å². The molecule has 3 rings (SSSR count). The van der Waals surface area contributed by atoms with Crippen molar-refractivity contribution in [3.8, 4) is 0 Å². The topological polar surface area (TPSA) is 32.3 Å². The van der Waals surface area contributed by atoms with Crippen LogP contribution in [0.5, 0.6) is 0 Å². The predicted molar refractivity (Wildman–Crippen MR) is 57.9 cm³/mol. The Kier molecular flexibility index (Phi) is 1.94. The van der Waals surface area contributed by atoms with Crippen LogP contribution in [0.25, 0.3) is 0 Å². The molecule has 0 bridgehead atoms. The third kappa shape index (κ3) is 1.40. The van der Waals surface area contributed by atoms with Gasteiger partial charge in [0.2, 0.25) is 0 Å². The Bertz CT molecular complexity index is 333. The normalized spacial score (nSPS) is 23.2. The summed E-state index contributed by atoms with van der Waals surface area (Å²) >= 11 is 1.91. The van der Waals surface area contributed by atoms with Crippen LogP contribution in [-0.4, -0.2) is 23.8 Å². The number of nitrogens with one attached hydrogen (secondary N) is 1. The zero-order valence-electron chi connectivity index (χ0n) is 8.18. The monoisotopic (exact) mass is 209 g/mol. The first-order valence-electron chi connectivity index (χ1n) is 5.29. The molecular weight excluding hydrogens is 194 g/mol. The second kappa shape index (κ2) is 3.05. The lowest BCUT2D eigenvalue weighted by molar-refractivity contribution is -0.00834. The first-order valence-corrected chi connectivity index (χ1v) is 6.10. The van der Waals surface area contributed by atoms with E-state index in [2.05, 4.69) is 11.4 Å². The average Bonchev–Trinajstić information content (AvgIpc) is 2.60. The van der Waals surface area contributed by atoms with Crippen LogP contribution in [0.1, 0.15) is 21.7 Å². The van der Waals surface area contributed by atoms with Gasteiger partial charge in [0.15, 0.2) is 0 Å². The number of hydrogen-bond acceptors (Lipinski definition) is 3. The molecule has 2 heterocycles. The fourth-order valence-corrected chi connectivity index (χ4v) is 3.74. The maximum absolute atomic E-state index is 10.00. The van der Waals surface area contributed by atoms with Crippen LogP contribution >= 0.6 is 11.3 Å². The molecule has 2 aliphatic rings. The SMILES string of the molecule is OC1(Cc2cc3c(s2)CCC3)CNC1. The summed E-state index contributed by atoms with van der Waals surface area (Å²) in [6.45, 7) is 1.52. The number of fused-ring (bicyclic) bond motifs is 1. The van der Waals surface area contributed by atoms with E-state index in [0.717, 1.165) is 19.5 Å². The summed E-state index contributed by atoms with van der Waals surface area (Å²) in [5, 5.41) is 13.1. The van der Waals surface area contributed by atoms with Gasteiger partial charge in [0.1, 0.15) is 0 Å². The van der Waals surface area contributed by atoms with Gasteiger partial charge in [0.25, 0.3) is 0 Å². The molecule has 0 spiro atoms. The van der Waals surface area contributed by atoms with Crippen LogP contribution in [-0.2, 0) is 19.3 Å². The first-order chi connectivity index (χ1) is 6.75. The smallest absolute Gasteiger partial charge is 0.0943 e. The number of hydrogen-bond donors (Lipinski definition) is 2. The Hall–Kier alpha value is -0.380. The number of thiophene rings is 1. The van der Waals surface area contributed by atoms with Crippen LogP contribution < -0.4 is 5.32 Å². The van der Waals surface area contributed by atoms with E-state index in [-0.39, 0.29) is 0 Å². The Morgan fingerprint density at radius 2 is 2.29 bits per heavy atom. The summed E-state index contributed by atoms with van der Waals surface area (Å²) in [5.41, 5.74) is 1.10. The standard InChI is InChI=1S/C11H15NOS/c13-11(6-12-7-11)5-9-4-8-2-1-3-10(8)14-9/h4,12-13H,1-3,5-7H2. The molecule has 1 saturated heterocycles. The number of β-amino-alcohol motifs (C(OH)–C–C–N with tert-alkyl or cyclic N) is 1. The molecule has 1 aromatic rings. The molecule has 1 aromatic heterocycles. The molecule has 0 radical (unpaired) electrons. The Labute approximate surface area is 88.0 Å². The van der Waals surface area contributed by atoms with Gasteiger partial charge in [-0.1, -0.05) is 0 Å². The Balaban J connectivity index is 1.77. The van der Waals surface area contributed by atoms with E-state index in [1.165, 1.54) is 24.1 Å². The van der Waals surface area contributed by atoms with Crippen LogP contribution in [0.2, 0.25) is 0 Å². The lowest BCUT2D eigenvalue weighted by atomic mass is 9.92. The molecule has 1 aliphatic heterocycles. The highest BCUT2D eigenvalue weighted by atomic mass is 32.1. The summed E-state index contributed by atoms with van der Waals surface area (Å²) in [6.07, 6.45) is 4.68. The maximum Gasteiger partial charge on any atom is 0.0943 e. The van der Waals surface area contributed by atoms with E-state index in [9.17, 15) is 5.11 Å². The van der Waals surface area contributed by atoms with Gasteiger partial charge in [-0.3, -0.25) is 0 Å². The predicted octanol–water partition coefficient (Wildman–Crippen LogP) is 1.11. The summed E-state index contributed by atoms with van der Waals surface area (Å²) in [6, 6.07) is 2.31. The number of rotatable bonds is 2. The summed E-state index contributed by atoms with van der Waals surface area (Å²) in [5.74, 6) is 0. The van der Waals surface area contributed by atoms with E-state index in [4.69, 9.17) is 0 Å². The maximum atomic E-state index is 10.00. The molecule has 1 fully saturated rings. The van der Waals surface area contributed by atoms with E-state index in [0.29, 0.717) is 0 Å². The third-order valence-corrected chi connectivity index (χ3v) is 4.45. The molecule has 0 saturated carbocycles. The lowest BCUT2D eigenvalue weighted by Gasteiger charge is -2.37. The molecule has 14 heavy (non-hydrogen) atoms. The Morgan fingerprint density at radius 1 is 1.43 bits per heavy atom. The molecule has 0 atom stereocenters. The molecule has 2 nitrogen and oxygen atoms in total. The zero-order chi connectivity index (χ0) is 9.60. The largest absolute Gasteiger partial charge is 0.387 e. The average molecular weight is 209 g/mol. The molecule has 2 N–H and O–H groups in total. The minimum Gasteiger partial charge on any atom is -0.387 e. The van der Waals surface area contributed by atoms with Crippen LogP contribution in [0.15, 0.2) is 6.07 Å². The van der Waals surface area contributed by atoms with Gasteiger partial charge >= 0.3 is 0 Å². The number of aliphatic hydroxyl groups is 1. The molecule has 3 heteroatoms. The fraction of sp³-hybridized carbons (Fsp3) is 0.636. The van der Waals surface area contributed by atoms with Crippen molar-refractivity contribution in [2.75, 3.05) is 13.1 Å². The molecule has 76 valence electrons. The zero-order valence-corrected chi connectivity index (χ0v) is 8.99. The molecule has 0 aromatic carbocycles.